The first-order valence-electron chi connectivity index (χ1n) is 7.55. The zero-order valence-corrected chi connectivity index (χ0v) is 15.4. The van der Waals surface area contributed by atoms with Gasteiger partial charge in [-0.15, -0.1) is 0 Å². The third kappa shape index (κ3) is 5.26. The van der Waals surface area contributed by atoms with Gasteiger partial charge in [0.25, 0.3) is 14.0 Å². The fourth-order valence-electron chi connectivity index (χ4n) is 2.32. The van der Waals surface area contributed by atoms with Crippen LogP contribution in [0.1, 0.15) is 18.4 Å². The van der Waals surface area contributed by atoms with Crippen LogP contribution in [-0.2, 0) is 31.0 Å². The number of hydrogen-bond donors (Lipinski definition) is 3. The number of rotatable bonds is 6. The summed E-state index contributed by atoms with van der Waals surface area (Å²) in [6, 6.07) is 7.87. The van der Waals surface area contributed by atoms with Crippen LogP contribution >= 0.6 is 8.10 Å². The Morgan fingerprint density at radius 3 is 2.69 bits per heavy atom. The van der Waals surface area contributed by atoms with Crippen molar-refractivity contribution in [3.8, 4) is 0 Å². The van der Waals surface area contributed by atoms with Gasteiger partial charge in [0.15, 0.2) is 0 Å². The summed E-state index contributed by atoms with van der Waals surface area (Å²) in [7, 11) is -8.40. The number of hydrogen-bond acceptors (Lipinski definition) is 7. The van der Waals surface area contributed by atoms with E-state index >= 15 is 0 Å². The Kier molecular flexibility index (Phi) is 6.73. The molecule has 1 unspecified atom stereocenters. The summed E-state index contributed by atoms with van der Waals surface area (Å²) >= 11 is 0. The number of benzene rings is 1. The molecule has 1 fully saturated rings. The van der Waals surface area contributed by atoms with Gasteiger partial charge >= 0.3 is 16.4 Å². The first-order chi connectivity index (χ1) is 12.2. The lowest BCUT2D eigenvalue weighted by Crippen LogP contribution is -2.51. The molecule has 2 rings (SSSR count). The molecule has 1 saturated heterocycles. The second-order valence-corrected chi connectivity index (χ2v) is 8.65. The highest BCUT2D eigenvalue weighted by Crippen LogP contribution is 2.34. The molecule has 0 bridgehead atoms. The first kappa shape index (κ1) is 20.3. The predicted molar refractivity (Wildman–Crippen MR) is 91.1 cm³/mol. The molecule has 26 heavy (non-hydrogen) atoms. The van der Waals surface area contributed by atoms with Crippen molar-refractivity contribution in [1.29, 1.82) is 0 Å². The van der Waals surface area contributed by atoms with Crippen LogP contribution in [0.15, 0.2) is 30.3 Å². The molecule has 13 heteroatoms. The number of nitrogens with zero attached hydrogens (tertiary/aromatic N) is 2. The fourth-order valence-corrected chi connectivity index (χ4v) is 4.34. The largest absolute Gasteiger partial charge is 0.445 e. The molecule has 1 aromatic rings. The van der Waals surface area contributed by atoms with E-state index in [1.54, 1.807) is 24.3 Å². The number of nitrogens with two attached hydrogens (primary N) is 1. The van der Waals surface area contributed by atoms with Crippen LogP contribution in [0.3, 0.4) is 0 Å². The number of ether oxygens (including phenoxy) is 1. The van der Waals surface area contributed by atoms with Crippen molar-refractivity contribution in [1.82, 2.24) is 14.2 Å². The van der Waals surface area contributed by atoms with E-state index in [0.717, 1.165) is 10.2 Å². The predicted octanol–water partition coefficient (Wildman–Crippen LogP) is 0.272. The second-order valence-electron chi connectivity index (χ2n) is 5.45. The van der Waals surface area contributed by atoms with Crippen LogP contribution in [0.2, 0.25) is 0 Å². The molecule has 1 aliphatic heterocycles. The molecule has 0 aliphatic carbocycles. The Hall–Kier alpha value is -1.98. The van der Waals surface area contributed by atoms with Gasteiger partial charge in [0.2, 0.25) is 0 Å². The maximum absolute atomic E-state index is 12.3. The number of amides is 2. The maximum atomic E-state index is 12.3. The summed E-state index contributed by atoms with van der Waals surface area (Å²) in [5.74, 6) is 4.30. The van der Waals surface area contributed by atoms with E-state index < -0.39 is 36.4 Å². The van der Waals surface area contributed by atoms with Crippen molar-refractivity contribution < 1.29 is 31.9 Å². The minimum atomic E-state index is -4.92. The molecule has 1 heterocycles. The quantitative estimate of drug-likeness (QED) is 0.263. The molecule has 2 atom stereocenters. The van der Waals surface area contributed by atoms with E-state index in [0.29, 0.717) is 6.42 Å². The topological polar surface area (TPSA) is 159 Å². The molecule has 1 aliphatic rings. The highest BCUT2D eigenvalue weighted by atomic mass is 32.2. The third-order valence-corrected chi connectivity index (χ3v) is 6.55. The normalized spacial score (nSPS) is 19.3. The molecule has 2 amide bonds. The zero-order valence-electron chi connectivity index (χ0n) is 13.6. The average molecular weight is 406 g/mol. The van der Waals surface area contributed by atoms with Crippen molar-refractivity contribution in [3.05, 3.63) is 35.9 Å². The van der Waals surface area contributed by atoms with Crippen LogP contribution < -0.4 is 11.2 Å². The molecule has 0 radical (unpaired) electrons. The lowest BCUT2D eigenvalue weighted by Gasteiger charge is -2.33. The molecule has 144 valence electrons. The van der Waals surface area contributed by atoms with Crippen LogP contribution in [0.4, 0.5) is 4.79 Å². The molecule has 0 spiro atoms. The van der Waals surface area contributed by atoms with Gasteiger partial charge in [-0.2, -0.15) is 8.42 Å². The van der Waals surface area contributed by atoms with Crippen LogP contribution in [-0.4, -0.2) is 46.4 Å². The summed E-state index contributed by atoms with van der Waals surface area (Å²) in [5, 5.41) is 2.36. The molecular formula is C13H19N4O7PS. The molecule has 0 saturated carbocycles. The van der Waals surface area contributed by atoms with Gasteiger partial charge in [-0.25, -0.2) is 10.6 Å². The van der Waals surface area contributed by atoms with Gasteiger partial charge in [-0.3, -0.25) is 18.6 Å². The van der Waals surface area contributed by atoms with E-state index in [2.05, 4.69) is 5.32 Å². The summed E-state index contributed by atoms with van der Waals surface area (Å²) in [5.41, 5.74) is 0.760. The Balaban J connectivity index is 1.94. The maximum Gasteiger partial charge on any atom is 0.408 e. The second kappa shape index (κ2) is 8.60. The van der Waals surface area contributed by atoms with Gasteiger partial charge in [-0.05, 0) is 22.6 Å². The summed E-state index contributed by atoms with van der Waals surface area (Å²) in [6.45, 7) is -0.00960. The number of carbonyl (C=O) groups is 2. The summed E-state index contributed by atoms with van der Waals surface area (Å²) < 4.78 is 48.3. The van der Waals surface area contributed by atoms with Crippen molar-refractivity contribution in [3.63, 3.8) is 0 Å². The van der Waals surface area contributed by atoms with E-state index in [-0.39, 0.29) is 23.8 Å². The minimum Gasteiger partial charge on any atom is -0.445 e. The van der Waals surface area contributed by atoms with Gasteiger partial charge in [-0.1, -0.05) is 30.3 Å². The molecule has 11 nitrogen and oxygen atoms in total. The highest BCUT2D eigenvalue weighted by Gasteiger charge is 2.37. The average Bonchev–Trinajstić information content (AvgIpc) is 2.60. The smallest absolute Gasteiger partial charge is 0.408 e. The van der Waals surface area contributed by atoms with Crippen LogP contribution in [0, 0.1) is 0 Å². The van der Waals surface area contributed by atoms with Crippen molar-refractivity contribution in [2.75, 3.05) is 6.54 Å². The zero-order chi connectivity index (χ0) is 19.3. The van der Waals surface area contributed by atoms with E-state index in [9.17, 15) is 22.6 Å². The van der Waals surface area contributed by atoms with E-state index in [1.165, 1.54) is 0 Å². The molecule has 0 aromatic heterocycles. The molecular weight excluding hydrogens is 387 g/mol. The minimum absolute atomic E-state index is 0.00717. The van der Waals surface area contributed by atoms with Crippen LogP contribution in [0.5, 0.6) is 0 Å². The Morgan fingerprint density at radius 1 is 1.42 bits per heavy atom. The molecule has 4 N–H and O–H groups in total. The van der Waals surface area contributed by atoms with Gasteiger partial charge < -0.3 is 10.1 Å². The molecule has 1 aromatic carbocycles. The van der Waals surface area contributed by atoms with Crippen molar-refractivity contribution >= 4 is 30.4 Å². The lowest BCUT2D eigenvalue weighted by molar-refractivity contribution is -0.130. The number of hydrazine groups is 1. The fraction of sp³-hybridized carbons (Fsp3) is 0.385. The van der Waals surface area contributed by atoms with Gasteiger partial charge in [0.1, 0.15) is 12.6 Å². The van der Waals surface area contributed by atoms with Gasteiger partial charge in [0, 0.05) is 6.54 Å². The Morgan fingerprint density at radius 2 is 2.08 bits per heavy atom. The SMILES string of the molecule is NN([PH](=O)N1CCC[C@@H](NC(=O)OCc2ccccc2)C1=O)S(=O)(=O)O. The van der Waals surface area contributed by atoms with Crippen molar-refractivity contribution in [2.24, 2.45) is 5.84 Å². The highest BCUT2D eigenvalue weighted by molar-refractivity contribution is 7.88. The standard InChI is InChI=1S/C13H19N4O7PS/c14-17(26(21,22)23)25(20)16-8-4-7-11(12(16)18)15-13(19)24-9-10-5-2-1-3-6-10/h1-3,5-6,11,25H,4,7-9,14H2,(H,15,19)(H,21,22,23)/t11-/m1/s1. The van der Waals surface area contributed by atoms with Crippen molar-refractivity contribution in [2.45, 2.75) is 25.5 Å². The Labute approximate surface area is 150 Å². The first-order valence-corrected chi connectivity index (χ1v) is 10.2. The number of alkyl carbamates (subject to hydrolysis) is 1. The van der Waals surface area contributed by atoms with E-state index in [1.807, 2.05) is 6.07 Å². The summed E-state index contributed by atoms with van der Waals surface area (Å²) in [6.07, 6.45) is -0.222. The lowest BCUT2D eigenvalue weighted by atomic mass is 10.1. The summed E-state index contributed by atoms with van der Waals surface area (Å²) in [4.78, 5) is 24.2. The Bertz CT molecular complexity index is 789. The number of nitrogens with one attached hydrogen (secondary N) is 1. The number of piperidine rings is 1. The van der Waals surface area contributed by atoms with Gasteiger partial charge in [0.05, 0.1) is 0 Å². The van der Waals surface area contributed by atoms with E-state index in [4.69, 9.17) is 15.1 Å². The van der Waals surface area contributed by atoms with Crippen LogP contribution in [0.25, 0.3) is 0 Å². The third-order valence-electron chi connectivity index (χ3n) is 3.61. The monoisotopic (exact) mass is 406 g/mol. The number of carbonyl (C=O) groups excluding carboxylic acids is 2.